The summed E-state index contributed by atoms with van der Waals surface area (Å²) in [5.41, 5.74) is 5.86. The van der Waals surface area contributed by atoms with Crippen LogP contribution in [0.4, 0.5) is 0 Å². The van der Waals surface area contributed by atoms with Crippen molar-refractivity contribution in [2.45, 2.75) is 31.8 Å². The van der Waals surface area contributed by atoms with Gasteiger partial charge in [-0.2, -0.15) is 0 Å². The van der Waals surface area contributed by atoms with E-state index in [1.807, 2.05) is 0 Å². The van der Waals surface area contributed by atoms with E-state index in [0.717, 1.165) is 6.42 Å². The lowest BCUT2D eigenvalue weighted by atomic mass is 9.97. The minimum atomic E-state index is 0.304. The summed E-state index contributed by atoms with van der Waals surface area (Å²) in [6.07, 6.45) is 6.88. The van der Waals surface area contributed by atoms with Gasteiger partial charge in [-0.3, -0.25) is 4.90 Å². The zero-order valence-corrected chi connectivity index (χ0v) is 9.73. The lowest BCUT2D eigenvalue weighted by Gasteiger charge is -2.39. The largest absolute Gasteiger partial charge is 0.324 e. The van der Waals surface area contributed by atoms with Crippen molar-refractivity contribution >= 4 is 0 Å². The fraction of sp³-hybridized carbons (Fsp3) is 0.833. The van der Waals surface area contributed by atoms with E-state index in [-0.39, 0.29) is 0 Å². The topological polar surface area (TPSA) is 32.5 Å². The molecule has 0 spiro atoms. The van der Waals surface area contributed by atoms with Gasteiger partial charge in [0.1, 0.15) is 0 Å². The molecule has 3 heteroatoms. The maximum absolute atomic E-state index is 5.86. The average molecular weight is 209 g/mol. The summed E-state index contributed by atoms with van der Waals surface area (Å²) in [5, 5.41) is 0. The summed E-state index contributed by atoms with van der Waals surface area (Å²) < 4.78 is 0. The molecule has 2 N–H and O–H groups in total. The molecule has 3 nitrogen and oxygen atoms in total. The fourth-order valence-electron chi connectivity index (χ4n) is 2.54. The van der Waals surface area contributed by atoms with Crippen molar-refractivity contribution in [2.75, 3.05) is 32.7 Å². The number of piperazine rings is 1. The first-order valence-corrected chi connectivity index (χ1v) is 6.20. The van der Waals surface area contributed by atoms with E-state index in [4.69, 9.17) is 5.73 Å². The van der Waals surface area contributed by atoms with Crippen LogP contribution in [0.2, 0.25) is 0 Å². The van der Waals surface area contributed by atoms with Crippen molar-refractivity contribution in [2.24, 2.45) is 5.73 Å². The molecule has 1 aliphatic heterocycles. The maximum Gasteiger partial charge on any atom is 0.0280 e. The van der Waals surface area contributed by atoms with Crippen molar-refractivity contribution in [3.05, 3.63) is 12.2 Å². The number of hydrogen-bond donors (Lipinski definition) is 1. The van der Waals surface area contributed by atoms with Crippen LogP contribution in [0, 0.1) is 0 Å². The molecule has 0 aromatic carbocycles. The highest BCUT2D eigenvalue weighted by molar-refractivity contribution is 5.05. The van der Waals surface area contributed by atoms with Crippen LogP contribution < -0.4 is 5.73 Å². The Morgan fingerprint density at radius 1 is 1.13 bits per heavy atom. The van der Waals surface area contributed by atoms with Crippen LogP contribution in [-0.2, 0) is 0 Å². The quantitative estimate of drug-likeness (QED) is 0.679. The molecule has 15 heavy (non-hydrogen) atoms. The Hall–Kier alpha value is -0.380. The van der Waals surface area contributed by atoms with Gasteiger partial charge in [0.25, 0.3) is 0 Å². The standard InChI is InChI=1S/C12H23N3/c1-2-14-7-9-15(10-8-14)12-5-3-11(13)4-6-12/h3,5,11-12H,2,4,6-10,13H2,1H3. The minimum Gasteiger partial charge on any atom is -0.324 e. The lowest BCUT2D eigenvalue weighted by molar-refractivity contribution is 0.109. The molecule has 0 aromatic rings. The molecule has 0 radical (unpaired) electrons. The van der Waals surface area contributed by atoms with E-state index < -0.39 is 0 Å². The summed E-state index contributed by atoms with van der Waals surface area (Å²) in [6.45, 7) is 8.34. The van der Waals surface area contributed by atoms with Crippen LogP contribution in [0.5, 0.6) is 0 Å². The highest BCUT2D eigenvalue weighted by atomic mass is 15.3. The Bertz CT molecular complexity index is 219. The van der Waals surface area contributed by atoms with Crippen molar-refractivity contribution in [1.29, 1.82) is 0 Å². The second-order valence-electron chi connectivity index (χ2n) is 4.66. The Kier molecular flexibility index (Phi) is 3.78. The van der Waals surface area contributed by atoms with Gasteiger partial charge in [0.05, 0.1) is 0 Å². The Morgan fingerprint density at radius 2 is 1.87 bits per heavy atom. The van der Waals surface area contributed by atoms with Crippen LogP contribution in [-0.4, -0.2) is 54.6 Å². The summed E-state index contributed by atoms with van der Waals surface area (Å²) in [4.78, 5) is 5.13. The van der Waals surface area contributed by atoms with E-state index in [1.165, 1.54) is 39.1 Å². The van der Waals surface area contributed by atoms with Crippen LogP contribution in [0.25, 0.3) is 0 Å². The van der Waals surface area contributed by atoms with E-state index in [0.29, 0.717) is 12.1 Å². The Balaban J connectivity index is 1.83. The monoisotopic (exact) mass is 209 g/mol. The predicted octanol–water partition coefficient (Wildman–Crippen LogP) is 0.670. The molecular weight excluding hydrogens is 186 g/mol. The zero-order valence-electron chi connectivity index (χ0n) is 9.73. The van der Waals surface area contributed by atoms with Gasteiger partial charge in [-0.1, -0.05) is 19.1 Å². The van der Waals surface area contributed by atoms with E-state index in [1.54, 1.807) is 0 Å². The van der Waals surface area contributed by atoms with Crippen LogP contribution in [0.15, 0.2) is 12.2 Å². The van der Waals surface area contributed by atoms with Gasteiger partial charge in [-0.15, -0.1) is 0 Å². The Labute approximate surface area is 92.9 Å². The first kappa shape index (κ1) is 11.1. The SMILES string of the molecule is CCN1CCN(C2C=CC(N)CC2)CC1. The number of likely N-dealkylation sites (N-methyl/N-ethyl adjacent to an activating group) is 1. The third-order valence-corrected chi connectivity index (χ3v) is 3.70. The molecule has 1 fully saturated rings. The smallest absolute Gasteiger partial charge is 0.0280 e. The Morgan fingerprint density at radius 3 is 2.40 bits per heavy atom. The number of rotatable bonds is 2. The summed E-state index contributed by atoms with van der Waals surface area (Å²) in [5.74, 6) is 0. The van der Waals surface area contributed by atoms with Gasteiger partial charge >= 0.3 is 0 Å². The molecule has 2 atom stereocenters. The van der Waals surface area contributed by atoms with Gasteiger partial charge in [-0.25, -0.2) is 0 Å². The van der Waals surface area contributed by atoms with Gasteiger partial charge in [0.15, 0.2) is 0 Å². The van der Waals surface area contributed by atoms with E-state index in [9.17, 15) is 0 Å². The average Bonchev–Trinajstić information content (AvgIpc) is 2.30. The lowest BCUT2D eigenvalue weighted by Crippen LogP contribution is -2.50. The van der Waals surface area contributed by atoms with E-state index in [2.05, 4.69) is 28.9 Å². The molecule has 1 heterocycles. The van der Waals surface area contributed by atoms with Crippen LogP contribution in [0.3, 0.4) is 0 Å². The highest BCUT2D eigenvalue weighted by Crippen LogP contribution is 2.17. The second kappa shape index (κ2) is 5.10. The normalized spacial score (nSPS) is 34.5. The fourth-order valence-corrected chi connectivity index (χ4v) is 2.54. The second-order valence-corrected chi connectivity index (χ2v) is 4.66. The molecule has 1 aliphatic carbocycles. The maximum atomic E-state index is 5.86. The molecule has 1 saturated heterocycles. The van der Waals surface area contributed by atoms with Crippen LogP contribution >= 0.6 is 0 Å². The molecule has 2 rings (SSSR count). The van der Waals surface area contributed by atoms with Gasteiger partial charge in [-0.05, 0) is 19.4 Å². The zero-order chi connectivity index (χ0) is 10.7. The molecule has 0 amide bonds. The molecule has 2 unspecified atom stereocenters. The number of hydrogen-bond acceptors (Lipinski definition) is 3. The third kappa shape index (κ3) is 2.80. The number of nitrogens with two attached hydrogens (primary N) is 1. The van der Waals surface area contributed by atoms with Gasteiger partial charge < -0.3 is 10.6 Å². The van der Waals surface area contributed by atoms with E-state index >= 15 is 0 Å². The molecule has 0 saturated carbocycles. The summed E-state index contributed by atoms with van der Waals surface area (Å²) in [6, 6.07) is 0.960. The van der Waals surface area contributed by atoms with Crippen molar-refractivity contribution in [3.8, 4) is 0 Å². The third-order valence-electron chi connectivity index (χ3n) is 3.70. The van der Waals surface area contributed by atoms with Crippen molar-refractivity contribution < 1.29 is 0 Å². The van der Waals surface area contributed by atoms with Crippen molar-refractivity contribution in [1.82, 2.24) is 9.80 Å². The van der Waals surface area contributed by atoms with Gasteiger partial charge in [0.2, 0.25) is 0 Å². The predicted molar refractivity (Wildman–Crippen MR) is 63.8 cm³/mol. The van der Waals surface area contributed by atoms with Gasteiger partial charge in [0, 0.05) is 38.3 Å². The first-order valence-electron chi connectivity index (χ1n) is 6.20. The highest BCUT2D eigenvalue weighted by Gasteiger charge is 2.23. The molecular formula is C12H23N3. The van der Waals surface area contributed by atoms with Crippen molar-refractivity contribution in [3.63, 3.8) is 0 Å². The van der Waals surface area contributed by atoms with Crippen LogP contribution in [0.1, 0.15) is 19.8 Å². The first-order chi connectivity index (χ1) is 7.29. The number of nitrogens with zero attached hydrogens (tertiary/aromatic N) is 2. The molecule has 2 aliphatic rings. The summed E-state index contributed by atoms with van der Waals surface area (Å²) in [7, 11) is 0. The molecule has 86 valence electrons. The summed E-state index contributed by atoms with van der Waals surface area (Å²) >= 11 is 0. The minimum absolute atomic E-state index is 0.304. The molecule has 0 bridgehead atoms. The molecule has 0 aromatic heterocycles.